The standard InChI is InChI=1S/C31H33NO5/c1-5-18-37-25-14-15-26(21(3)19-25)29(33)27-28(23-10-6-20(2)7-11-23)32(31(35)30(27)34)17-16-22-8-12-24(36-4)13-9-22/h6-15,19,28,33H,5,16-18H2,1-4H3/t28-/m1/s1. The van der Waals surface area contributed by atoms with Gasteiger partial charge in [0.1, 0.15) is 17.3 Å². The van der Waals surface area contributed by atoms with Crippen molar-refractivity contribution in [2.45, 2.75) is 39.7 Å². The van der Waals surface area contributed by atoms with Gasteiger partial charge in [0.25, 0.3) is 11.7 Å². The van der Waals surface area contributed by atoms with E-state index in [0.717, 1.165) is 34.4 Å². The number of hydrogen-bond donors (Lipinski definition) is 1. The van der Waals surface area contributed by atoms with Crippen molar-refractivity contribution in [1.82, 2.24) is 4.90 Å². The summed E-state index contributed by atoms with van der Waals surface area (Å²) in [5, 5.41) is 11.4. The molecule has 3 aromatic carbocycles. The number of rotatable bonds is 9. The van der Waals surface area contributed by atoms with Crippen LogP contribution in [0, 0.1) is 13.8 Å². The molecule has 1 saturated heterocycles. The summed E-state index contributed by atoms with van der Waals surface area (Å²) in [6.07, 6.45) is 1.44. The van der Waals surface area contributed by atoms with Crippen LogP contribution >= 0.6 is 0 Å². The molecule has 1 aliphatic heterocycles. The van der Waals surface area contributed by atoms with Crippen LogP contribution in [0.1, 0.15) is 47.2 Å². The van der Waals surface area contributed by atoms with Crippen LogP contribution < -0.4 is 9.47 Å². The average Bonchev–Trinajstić information content (AvgIpc) is 3.16. The molecule has 6 nitrogen and oxygen atoms in total. The Kier molecular flexibility index (Phi) is 7.97. The first kappa shape index (κ1) is 26.0. The number of amides is 1. The number of aryl methyl sites for hydroxylation is 2. The Hall–Kier alpha value is -4.06. The molecule has 192 valence electrons. The third-order valence-electron chi connectivity index (χ3n) is 6.66. The van der Waals surface area contributed by atoms with E-state index in [4.69, 9.17) is 9.47 Å². The molecule has 0 saturated carbocycles. The molecule has 0 radical (unpaired) electrons. The van der Waals surface area contributed by atoms with E-state index in [1.807, 2.05) is 75.4 Å². The van der Waals surface area contributed by atoms with Crippen LogP contribution in [0.5, 0.6) is 11.5 Å². The van der Waals surface area contributed by atoms with Crippen LogP contribution in [0.3, 0.4) is 0 Å². The van der Waals surface area contributed by atoms with Crippen LogP contribution in [0.15, 0.2) is 72.3 Å². The molecule has 0 aliphatic carbocycles. The number of ether oxygens (including phenoxy) is 2. The predicted molar refractivity (Wildman–Crippen MR) is 144 cm³/mol. The first-order valence-corrected chi connectivity index (χ1v) is 12.6. The molecule has 0 spiro atoms. The van der Waals surface area contributed by atoms with E-state index in [-0.39, 0.29) is 11.3 Å². The van der Waals surface area contributed by atoms with Crippen molar-refractivity contribution >= 4 is 17.4 Å². The minimum atomic E-state index is -0.686. The Morgan fingerprint density at radius 3 is 2.24 bits per heavy atom. The molecule has 1 amide bonds. The number of aliphatic hydroxyl groups is 1. The van der Waals surface area contributed by atoms with Crippen molar-refractivity contribution in [3.63, 3.8) is 0 Å². The van der Waals surface area contributed by atoms with Crippen molar-refractivity contribution in [3.8, 4) is 11.5 Å². The van der Waals surface area contributed by atoms with Gasteiger partial charge in [0.2, 0.25) is 0 Å². The molecule has 0 bridgehead atoms. The monoisotopic (exact) mass is 499 g/mol. The zero-order valence-electron chi connectivity index (χ0n) is 21.8. The number of likely N-dealkylation sites (tertiary alicyclic amines) is 1. The van der Waals surface area contributed by atoms with E-state index < -0.39 is 17.7 Å². The molecule has 1 fully saturated rings. The summed E-state index contributed by atoms with van der Waals surface area (Å²) in [7, 11) is 1.61. The quantitative estimate of drug-likeness (QED) is 0.230. The number of carbonyl (C=O) groups excluding carboxylic acids is 2. The van der Waals surface area contributed by atoms with Gasteiger partial charge in [-0.05, 0) is 73.7 Å². The Labute approximate surface area is 218 Å². The van der Waals surface area contributed by atoms with E-state index >= 15 is 0 Å². The van der Waals surface area contributed by atoms with E-state index in [0.29, 0.717) is 30.9 Å². The SMILES string of the molecule is CCCOc1ccc(C(O)=C2C(=O)C(=O)N(CCc3ccc(OC)cc3)[C@@H]2c2ccc(C)cc2)c(C)c1. The highest BCUT2D eigenvalue weighted by Gasteiger charge is 2.45. The minimum Gasteiger partial charge on any atom is -0.507 e. The Balaban J connectivity index is 1.73. The van der Waals surface area contributed by atoms with Crippen LogP contribution in [0.25, 0.3) is 5.76 Å². The predicted octanol–water partition coefficient (Wildman–Crippen LogP) is 5.77. The average molecular weight is 500 g/mol. The second kappa shape index (κ2) is 11.3. The van der Waals surface area contributed by atoms with Crippen LogP contribution in [0.2, 0.25) is 0 Å². The zero-order chi connectivity index (χ0) is 26.5. The second-order valence-electron chi connectivity index (χ2n) is 9.33. The number of carbonyl (C=O) groups is 2. The van der Waals surface area contributed by atoms with Gasteiger partial charge in [-0.1, -0.05) is 48.9 Å². The third-order valence-corrected chi connectivity index (χ3v) is 6.66. The van der Waals surface area contributed by atoms with Crippen molar-refractivity contribution in [2.75, 3.05) is 20.3 Å². The number of methoxy groups -OCH3 is 1. The highest BCUT2D eigenvalue weighted by Crippen LogP contribution is 2.40. The number of Topliss-reactive ketones (excluding diaryl/α,β-unsaturated/α-hetero) is 1. The van der Waals surface area contributed by atoms with Gasteiger partial charge < -0.3 is 19.5 Å². The maximum Gasteiger partial charge on any atom is 0.295 e. The lowest BCUT2D eigenvalue weighted by Crippen LogP contribution is -2.31. The molecule has 0 unspecified atom stereocenters. The fraction of sp³-hybridized carbons (Fsp3) is 0.290. The van der Waals surface area contributed by atoms with E-state index in [1.54, 1.807) is 24.1 Å². The van der Waals surface area contributed by atoms with E-state index in [9.17, 15) is 14.7 Å². The van der Waals surface area contributed by atoms with Crippen molar-refractivity contribution in [1.29, 1.82) is 0 Å². The lowest BCUT2D eigenvalue weighted by molar-refractivity contribution is -0.139. The zero-order valence-corrected chi connectivity index (χ0v) is 21.8. The van der Waals surface area contributed by atoms with Gasteiger partial charge in [0.15, 0.2) is 0 Å². The highest BCUT2D eigenvalue weighted by molar-refractivity contribution is 6.46. The van der Waals surface area contributed by atoms with Gasteiger partial charge in [0, 0.05) is 12.1 Å². The molecule has 1 atom stereocenters. The maximum atomic E-state index is 13.3. The molecule has 1 heterocycles. The molecule has 1 N–H and O–H groups in total. The number of benzene rings is 3. The van der Waals surface area contributed by atoms with Crippen molar-refractivity contribution in [2.24, 2.45) is 0 Å². The molecule has 1 aliphatic rings. The number of aliphatic hydroxyl groups excluding tert-OH is 1. The summed E-state index contributed by atoms with van der Waals surface area (Å²) in [5.41, 5.74) is 4.24. The van der Waals surface area contributed by atoms with Gasteiger partial charge >= 0.3 is 0 Å². The molecule has 4 rings (SSSR count). The molecular weight excluding hydrogens is 466 g/mol. The molecule has 3 aromatic rings. The van der Waals surface area contributed by atoms with Crippen molar-refractivity contribution < 1.29 is 24.2 Å². The Morgan fingerprint density at radius 2 is 1.62 bits per heavy atom. The maximum absolute atomic E-state index is 13.3. The van der Waals surface area contributed by atoms with E-state index in [1.165, 1.54) is 0 Å². The van der Waals surface area contributed by atoms with Gasteiger partial charge in [-0.2, -0.15) is 0 Å². The van der Waals surface area contributed by atoms with Gasteiger partial charge in [-0.3, -0.25) is 9.59 Å². The summed E-state index contributed by atoms with van der Waals surface area (Å²) < 4.78 is 10.9. The Morgan fingerprint density at radius 1 is 0.946 bits per heavy atom. The number of hydrogen-bond acceptors (Lipinski definition) is 5. The first-order chi connectivity index (χ1) is 17.8. The summed E-state index contributed by atoms with van der Waals surface area (Å²) in [6, 6.07) is 20.0. The van der Waals surface area contributed by atoms with E-state index in [2.05, 4.69) is 0 Å². The van der Waals surface area contributed by atoms with Crippen LogP contribution in [0.4, 0.5) is 0 Å². The van der Waals surface area contributed by atoms with Gasteiger partial charge in [-0.25, -0.2) is 0 Å². The summed E-state index contributed by atoms with van der Waals surface area (Å²) >= 11 is 0. The largest absolute Gasteiger partial charge is 0.507 e. The second-order valence-corrected chi connectivity index (χ2v) is 9.33. The fourth-order valence-corrected chi connectivity index (χ4v) is 4.60. The van der Waals surface area contributed by atoms with Crippen molar-refractivity contribution in [3.05, 3.63) is 100 Å². The number of ketones is 1. The first-order valence-electron chi connectivity index (χ1n) is 12.6. The van der Waals surface area contributed by atoms with Crippen LogP contribution in [-0.2, 0) is 16.0 Å². The molecule has 37 heavy (non-hydrogen) atoms. The lowest BCUT2D eigenvalue weighted by Gasteiger charge is -2.25. The minimum absolute atomic E-state index is 0.105. The summed E-state index contributed by atoms with van der Waals surface area (Å²) in [5.74, 6) is -0.00335. The molecular formula is C31H33NO5. The third kappa shape index (κ3) is 5.53. The van der Waals surface area contributed by atoms with Gasteiger partial charge in [-0.15, -0.1) is 0 Å². The lowest BCUT2D eigenvalue weighted by atomic mass is 9.93. The summed E-state index contributed by atoms with van der Waals surface area (Å²) in [6.45, 7) is 6.79. The topological polar surface area (TPSA) is 76.1 Å². The van der Waals surface area contributed by atoms with Gasteiger partial charge in [0.05, 0.1) is 25.3 Å². The smallest absolute Gasteiger partial charge is 0.295 e. The normalized spacial score (nSPS) is 16.8. The Bertz CT molecular complexity index is 1310. The number of nitrogens with zero attached hydrogens (tertiary/aromatic N) is 1. The summed E-state index contributed by atoms with van der Waals surface area (Å²) in [4.78, 5) is 28.2. The fourth-order valence-electron chi connectivity index (χ4n) is 4.60. The highest BCUT2D eigenvalue weighted by atomic mass is 16.5. The molecule has 6 heteroatoms. The molecule has 0 aromatic heterocycles. The van der Waals surface area contributed by atoms with Crippen LogP contribution in [-0.4, -0.2) is 42.0 Å².